The Morgan fingerprint density at radius 2 is 1.70 bits per heavy atom. The molecular formula is C26H25FN2O4. The van der Waals surface area contributed by atoms with Crippen molar-refractivity contribution in [2.45, 2.75) is 26.3 Å². The lowest BCUT2D eigenvalue weighted by atomic mass is 9.97. The highest BCUT2D eigenvalue weighted by Crippen LogP contribution is 2.31. The summed E-state index contributed by atoms with van der Waals surface area (Å²) in [6.07, 6.45) is -0.0454. The van der Waals surface area contributed by atoms with E-state index in [9.17, 15) is 18.8 Å². The summed E-state index contributed by atoms with van der Waals surface area (Å²) in [6, 6.07) is 18.4. The lowest BCUT2D eigenvalue weighted by Crippen LogP contribution is -2.44. The minimum Gasteiger partial charge on any atom is -0.427 e. The molecule has 0 aliphatic rings. The van der Waals surface area contributed by atoms with Gasteiger partial charge in [0.25, 0.3) is 0 Å². The van der Waals surface area contributed by atoms with Gasteiger partial charge in [0, 0.05) is 19.7 Å². The Bertz CT molecular complexity index is 1160. The Kier molecular flexibility index (Phi) is 7.56. The summed E-state index contributed by atoms with van der Waals surface area (Å²) in [7, 11) is 1.50. The number of amides is 2. The molecule has 0 aliphatic heterocycles. The molecule has 170 valence electrons. The Morgan fingerprint density at radius 1 is 1.00 bits per heavy atom. The van der Waals surface area contributed by atoms with Gasteiger partial charge in [0.2, 0.25) is 11.8 Å². The van der Waals surface area contributed by atoms with Crippen LogP contribution >= 0.6 is 0 Å². The van der Waals surface area contributed by atoms with Crippen molar-refractivity contribution in [1.29, 1.82) is 0 Å². The maximum absolute atomic E-state index is 14.1. The number of hydrogen-bond acceptors (Lipinski definition) is 4. The zero-order valence-electron chi connectivity index (χ0n) is 18.7. The van der Waals surface area contributed by atoms with E-state index in [2.05, 4.69) is 5.32 Å². The van der Waals surface area contributed by atoms with Gasteiger partial charge in [-0.3, -0.25) is 19.3 Å². The molecule has 0 saturated heterocycles. The van der Waals surface area contributed by atoms with Crippen LogP contribution in [0.15, 0.2) is 72.8 Å². The molecule has 0 saturated carbocycles. The van der Waals surface area contributed by atoms with Gasteiger partial charge in [0.1, 0.15) is 17.6 Å². The number of carbonyl (C=O) groups is 3. The van der Waals surface area contributed by atoms with E-state index in [0.29, 0.717) is 16.9 Å². The van der Waals surface area contributed by atoms with E-state index in [1.165, 1.54) is 37.1 Å². The van der Waals surface area contributed by atoms with Crippen molar-refractivity contribution in [1.82, 2.24) is 5.32 Å². The van der Waals surface area contributed by atoms with Crippen LogP contribution in [-0.2, 0) is 20.8 Å². The molecule has 1 unspecified atom stereocenters. The number of aryl methyl sites for hydroxylation is 1. The summed E-state index contributed by atoms with van der Waals surface area (Å²) in [6.45, 7) is 3.16. The van der Waals surface area contributed by atoms with E-state index >= 15 is 0 Å². The molecule has 2 amide bonds. The number of carbonyl (C=O) groups excluding carboxylic acids is 3. The number of nitrogens with one attached hydrogen (secondary N) is 1. The van der Waals surface area contributed by atoms with Crippen LogP contribution in [0.4, 0.5) is 10.1 Å². The number of ether oxygens (including phenoxy) is 1. The molecule has 7 heteroatoms. The minimum absolute atomic E-state index is 0.0454. The molecule has 3 rings (SSSR count). The van der Waals surface area contributed by atoms with Gasteiger partial charge in [0.15, 0.2) is 0 Å². The van der Waals surface area contributed by atoms with Gasteiger partial charge >= 0.3 is 5.97 Å². The minimum atomic E-state index is -0.995. The van der Waals surface area contributed by atoms with E-state index in [1.54, 1.807) is 42.5 Å². The number of benzene rings is 3. The molecule has 33 heavy (non-hydrogen) atoms. The maximum Gasteiger partial charge on any atom is 0.308 e. The number of likely N-dealkylation sites (N-methyl/N-ethyl adjacent to an activating group) is 1. The number of rotatable bonds is 7. The maximum atomic E-state index is 14.1. The van der Waals surface area contributed by atoms with Gasteiger partial charge in [-0.05, 0) is 53.9 Å². The Balaban J connectivity index is 2.03. The van der Waals surface area contributed by atoms with Gasteiger partial charge in [-0.25, -0.2) is 4.39 Å². The number of esters is 1. The standard InChI is InChI=1S/C26H25FN2O4/c1-17-7-4-5-10-23(17)25(26(32)28-3)29(21-9-6-8-20(27)16-21)24(31)15-19-11-13-22(14-12-19)33-18(2)30/h4-14,16,25H,15H2,1-3H3,(H,28,32). The smallest absolute Gasteiger partial charge is 0.308 e. The molecule has 0 bridgehead atoms. The summed E-state index contributed by atoms with van der Waals surface area (Å²) in [5, 5.41) is 2.62. The van der Waals surface area contributed by atoms with Crippen LogP contribution in [0.25, 0.3) is 0 Å². The summed E-state index contributed by atoms with van der Waals surface area (Å²) < 4.78 is 19.1. The van der Waals surface area contributed by atoms with Crippen LogP contribution in [0.2, 0.25) is 0 Å². The molecule has 1 atom stereocenters. The van der Waals surface area contributed by atoms with Crippen molar-refractivity contribution < 1.29 is 23.5 Å². The zero-order chi connectivity index (χ0) is 24.0. The lowest BCUT2D eigenvalue weighted by molar-refractivity contribution is -0.132. The first-order valence-electron chi connectivity index (χ1n) is 10.4. The number of nitrogens with zero attached hydrogens (tertiary/aromatic N) is 1. The number of halogens is 1. The zero-order valence-corrected chi connectivity index (χ0v) is 18.7. The fraction of sp³-hybridized carbons (Fsp3) is 0.192. The third-order valence-electron chi connectivity index (χ3n) is 5.13. The average Bonchev–Trinajstić information content (AvgIpc) is 2.78. The highest BCUT2D eigenvalue weighted by Gasteiger charge is 2.33. The van der Waals surface area contributed by atoms with Gasteiger partial charge in [-0.2, -0.15) is 0 Å². The molecule has 0 spiro atoms. The van der Waals surface area contributed by atoms with Gasteiger partial charge in [0.05, 0.1) is 6.42 Å². The first-order chi connectivity index (χ1) is 15.8. The first-order valence-corrected chi connectivity index (χ1v) is 10.4. The van der Waals surface area contributed by atoms with Crippen LogP contribution in [0.1, 0.15) is 29.7 Å². The molecule has 0 fully saturated rings. The molecule has 3 aromatic carbocycles. The second kappa shape index (κ2) is 10.5. The van der Waals surface area contributed by atoms with Gasteiger partial charge in [-0.1, -0.05) is 42.5 Å². The number of hydrogen-bond donors (Lipinski definition) is 1. The third-order valence-corrected chi connectivity index (χ3v) is 5.13. The van der Waals surface area contributed by atoms with Crippen LogP contribution in [0.3, 0.4) is 0 Å². The Labute approximate surface area is 192 Å². The van der Waals surface area contributed by atoms with Crippen molar-refractivity contribution in [3.05, 3.63) is 95.3 Å². The summed E-state index contributed by atoms with van der Waals surface area (Å²) in [5.74, 6) is -1.38. The van der Waals surface area contributed by atoms with Crippen molar-refractivity contribution in [2.75, 3.05) is 11.9 Å². The van der Waals surface area contributed by atoms with Gasteiger partial charge < -0.3 is 10.1 Å². The molecule has 0 heterocycles. The van der Waals surface area contributed by atoms with Crippen molar-refractivity contribution in [3.63, 3.8) is 0 Å². The Morgan fingerprint density at radius 3 is 2.30 bits per heavy atom. The highest BCUT2D eigenvalue weighted by molar-refractivity contribution is 6.02. The van der Waals surface area contributed by atoms with Crippen LogP contribution in [-0.4, -0.2) is 24.8 Å². The SMILES string of the molecule is CNC(=O)C(c1ccccc1C)N(C(=O)Cc1ccc(OC(C)=O)cc1)c1cccc(F)c1. The molecule has 1 N–H and O–H groups in total. The second-order valence-corrected chi connectivity index (χ2v) is 7.53. The monoisotopic (exact) mass is 448 g/mol. The summed E-state index contributed by atoms with van der Waals surface area (Å²) in [5.41, 5.74) is 2.39. The van der Waals surface area contributed by atoms with Crippen molar-refractivity contribution in [3.8, 4) is 5.75 Å². The quantitative estimate of drug-likeness (QED) is 0.436. The highest BCUT2D eigenvalue weighted by atomic mass is 19.1. The Hall–Kier alpha value is -4.00. The van der Waals surface area contributed by atoms with Gasteiger partial charge in [-0.15, -0.1) is 0 Å². The van der Waals surface area contributed by atoms with Crippen molar-refractivity contribution in [2.24, 2.45) is 0 Å². The van der Waals surface area contributed by atoms with Crippen LogP contribution < -0.4 is 15.0 Å². The molecular weight excluding hydrogens is 423 g/mol. The average molecular weight is 448 g/mol. The third kappa shape index (κ3) is 5.83. The fourth-order valence-corrected chi connectivity index (χ4v) is 3.59. The number of anilines is 1. The topological polar surface area (TPSA) is 75.7 Å². The van der Waals surface area contributed by atoms with Crippen LogP contribution in [0, 0.1) is 12.7 Å². The van der Waals surface area contributed by atoms with Crippen molar-refractivity contribution >= 4 is 23.5 Å². The van der Waals surface area contributed by atoms with E-state index in [0.717, 1.165) is 5.56 Å². The second-order valence-electron chi connectivity index (χ2n) is 7.53. The van der Waals surface area contributed by atoms with E-state index in [1.807, 2.05) is 19.1 Å². The predicted molar refractivity (Wildman–Crippen MR) is 123 cm³/mol. The summed E-state index contributed by atoms with van der Waals surface area (Å²) >= 11 is 0. The molecule has 0 radical (unpaired) electrons. The largest absolute Gasteiger partial charge is 0.427 e. The summed E-state index contributed by atoms with van der Waals surface area (Å²) in [4.78, 5) is 39.0. The van der Waals surface area contributed by atoms with E-state index in [-0.39, 0.29) is 12.1 Å². The normalized spacial score (nSPS) is 11.4. The lowest BCUT2D eigenvalue weighted by Gasteiger charge is -2.32. The fourth-order valence-electron chi connectivity index (χ4n) is 3.59. The van der Waals surface area contributed by atoms with E-state index < -0.39 is 29.6 Å². The predicted octanol–water partition coefficient (Wildman–Crippen LogP) is 4.12. The first kappa shape index (κ1) is 23.7. The molecule has 6 nitrogen and oxygen atoms in total. The van der Waals surface area contributed by atoms with E-state index in [4.69, 9.17) is 4.74 Å². The molecule has 0 aromatic heterocycles. The molecule has 0 aliphatic carbocycles. The molecule has 3 aromatic rings. The van der Waals surface area contributed by atoms with Crippen LogP contribution in [0.5, 0.6) is 5.75 Å².